The van der Waals surface area contributed by atoms with Crippen molar-refractivity contribution in [2.24, 2.45) is 0 Å². The minimum Gasteiger partial charge on any atom is -0.486 e. The van der Waals surface area contributed by atoms with Crippen molar-refractivity contribution in [3.63, 3.8) is 0 Å². The summed E-state index contributed by atoms with van der Waals surface area (Å²) in [5.41, 5.74) is 3.00. The first-order chi connectivity index (χ1) is 13.5. The molecule has 2 aromatic rings. The lowest BCUT2D eigenvalue weighted by atomic mass is 9.94. The Morgan fingerprint density at radius 2 is 1.75 bits per heavy atom. The first kappa shape index (κ1) is 20.9. The second-order valence-corrected chi connectivity index (χ2v) is 8.57. The Hall–Kier alpha value is -1.85. The van der Waals surface area contributed by atoms with E-state index in [-0.39, 0.29) is 30.1 Å². The fourth-order valence-corrected chi connectivity index (χ4v) is 4.70. The van der Waals surface area contributed by atoms with Crippen LogP contribution in [-0.4, -0.2) is 23.6 Å². The number of rotatable bonds is 8. The number of thioether (sulfide) groups is 1. The van der Waals surface area contributed by atoms with Gasteiger partial charge in [0.15, 0.2) is 17.4 Å². The molecule has 2 aromatic carbocycles. The molecule has 150 valence electrons. The Morgan fingerprint density at radius 1 is 1.07 bits per heavy atom. The van der Waals surface area contributed by atoms with Crippen LogP contribution in [0, 0.1) is 11.6 Å². The Morgan fingerprint density at radius 3 is 2.36 bits per heavy atom. The van der Waals surface area contributed by atoms with Crippen molar-refractivity contribution in [1.29, 1.82) is 0 Å². The van der Waals surface area contributed by atoms with Crippen LogP contribution in [-0.2, 0) is 12.8 Å². The molecular formula is C23H26F2O2S. The Bertz CT molecular complexity index is 810. The lowest BCUT2D eigenvalue weighted by Gasteiger charge is -2.20. The lowest BCUT2D eigenvalue weighted by Crippen LogP contribution is -2.20. The summed E-state index contributed by atoms with van der Waals surface area (Å²) < 4.78 is 34.3. The van der Waals surface area contributed by atoms with Crippen molar-refractivity contribution >= 4 is 11.8 Å². The van der Waals surface area contributed by atoms with E-state index in [1.807, 2.05) is 0 Å². The molecule has 1 aliphatic heterocycles. The monoisotopic (exact) mass is 404 g/mol. The van der Waals surface area contributed by atoms with Gasteiger partial charge in [0.05, 0.1) is 5.25 Å². The molecule has 0 fully saturated rings. The number of aliphatic hydroxyl groups excluding tert-OH is 1. The van der Waals surface area contributed by atoms with Crippen LogP contribution >= 0.6 is 11.8 Å². The summed E-state index contributed by atoms with van der Waals surface area (Å²) in [6, 6.07) is 11.1. The van der Waals surface area contributed by atoms with Gasteiger partial charge in [0.1, 0.15) is 6.61 Å². The van der Waals surface area contributed by atoms with Crippen molar-refractivity contribution in [3.05, 3.63) is 75.7 Å². The number of hydrogen-bond donors (Lipinski definition) is 1. The molecule has 0 radical (unpaired) electrons. The molecule has 3 rings (SSSR count). The summed E-state index contributed by atoms with van der Waals surface area (Å²) in [4.78, 5) is 1.19. The van der Waals surface area contributed by atoms with Crippen LogP contribution < -0.4 is 4.74 Å². The molecule has 1 heterocycles. The number of aryl methyl sites for hydroxylation is 2. The molecular weight excluding hydrogens is 378 g/mol. The molecule has 2 unspecified atom stereocenters. The minimum absolute atomic E-state index is 0.00658. The molecule has 2 nitrogen and oxygen atoms in total. The quantitative estimate of drug-likeness (QED) is 0.618. The molecule has 5 heteroatoms. The Balaban J connectivity index is 1.70. The Kier molecular flexibility index (Phi) is 7.13. The van der Waals surface area contributed by atoms with Gasteiger partial charge in [0, 0.05) is 12.5 Å². The van der Waals surface area contributed by atoms with Crippen molar-refractivity contribution in [2.75, 3.05) is 13.2 Å². The maximum absolute atomic E-state index is 14.3. The molecule has 2 atom stereocenters. The topological polar surface area (TPSA) is 29.5 Å². The highest BCUT2D eigenvalue weighted by atomic mass is 32.2. The summed E-state index contributed by atoms with van der Waals surface area (Å²) in [6.45, 7) is 4.39. The van der Waals surface area contributed by atoms with E-state index in [1.165, 1.54) is 28.2 Å². The first-order valence-electron chi connectivity index (χ1n) is 9.67. The van der Waals surface area contributed by atoms with Gasteiger partial charge in [-0.25, -0.2) is 8.78 Å². The number of benzene rings is 2. The third kappa shape index (κ3) is 4.95. The van der Waals surface area contributed by atoms with Gasteiger partial charge in [-0.15, -0.1) is 11.8 Å². The first-order valence-corrected chi connectivity index (χ1v) is 10.5. The second kappa shape index (κ2) is 9.57. The molecule has 1 aliphatic rings. The predicted molar refractivity (Wildman–Crippen MR) is 111 cm³/mol. The van der Waals surface area contributed by atoms with Gasteiger partial charge in [-0.3, -0.25) is 0 Å². The zero-order valence-corrected chi connectivity index (χ0v) is 17.1. The molecule has 0 spiro atoms. The van der Waals surface area contributed by atoms with Crippen LogP contribution in [0.1, 0.15) is 42.9 Å². The van der Waals surface area contributed by atoms with E-state index < -0.39 is 11.6 Å². The van der Waals surface area contributed by atoms with Crippen LogP contribution in [0.4, 0.5) is 8.78 Å². The van der Waals surface area contributed by atoms with Gasteiger partial charge < -0.3 is 9.84 Å². The highest BCUT2D eigenvalue weighted by molar-refractivity contribution is 8.04. The maximum Gasteiger partial charge on any atom is 0.190 e. The van der Waals surface area contributed by atoms with E-state index in [4.69, 9.17) is 9.84 Å². The van der Waals surface area contributed by atoms with E-state index in [0.29, 0.717) is 18.4 Å². The van der Waals surface area contributed by atoms with Crippen molar-refractivity contribution in [2.45, 2.75) is 44.3 Å². The summed E-state index contributed by atoms with van der Waals surface area (Å²) in [6.07, 6.45) is 4.10. The van der Waals surface area contributed by atoms with Crippen LogP contribution in [0.15, 0.2) is 47.4 Å². The molecule has 0 saturated carbocycles. The summed E-state index contributed by atoms with van der Waals surface area (Å²) >= 11 is 1.69. The normalized spacial score (nSPS) is 19.0. The number of halogens is 2. The van der Waals surface area contributed by atoms with Crippen LogP contribution in [0.3, 0.4) is 0 Å². The van der Waals surface area contributed by atoms with Gasteiger partial charge in [-0.05, 0) is 59.9 Å². The highest BCUT2D eigenvalue weighted by Crippen LogP contribution is 2.42. The number of ether oxygens (including phenoxy) is 1. The standard InChI is InChI=1S/C23H26F2O2S/c1-3-16-6-8-18(9-7-16)19-11-15(2)28-22(19)14-27-23-20(24)12-17(5-4-10-26)13-21(23)25/h6-9,11-13,19,22,26H,3-5,10,14H2,1-2H3. The van der Waals surface area contributed by atoms with Gasteiger partial charge in [0.2, 0.25) is 0 Å². The van der Waals surface area contributed by atoms with E-state index in [2.05, 4.69) is 44.2 Å². The summed E-state index contributed by atoms with van der Waals surface area (Å²) in [5.74, 6) is -1.54. The van der Waals surface area contributed by atoms with Crippen LogP contribution in [0.25, 0.3) is 0 Å². The van der Waals surface area contributed by atoms with Gasteiger partial charge in [-0.2, -0.15) is 0 Å². The average molecular weight is 405 g/mol. The molecule has 28 heavy (non-hydrogen) atoms. The van der Waals surface area contributed by atoms with E-state index >= 15 is 0 Å². The van der Waals surface area contributed by atoms with E-state index in [0.717, 1.165) is 6.42 Å². The fraction of sp³-hybridized carbons (Fsp3) is 0.391. The third-order valence-electron chi connectivity index (χ3n) is 5.00. The minimum atomic E-state index is -0.690. The second-order valence-electron chi connectivity index (χ2n) is 7.08. The van der Waals surface area contributed by atoms with Gasteiger partial charge in [-0.1, -0.05) is 37.3 Å². The third-order valence-corrected chi connectivity index (χ3v) is 6.24. The SMILES string of the molecule is CCc1ccc(C2C=C(C)SC2COc2c(F)cc(CCCO)cc2F)cc1. The van der Waals surface area contributed by atoms with Crippen molar-refractivity contribution in [1.82, 2.24) is 0 Å². The number of aliphatic hydroxyl groups is 1. The van der Waals surface area contributed by atoms with Crippen LogP contribution in [0.5, 0.6) is 5.75 Å². The lowest BCUT2D eigenvalue weighted by molar-refractivity contribution is 0.279. The zero-order chi connectivity index (χ0) is 20.1. The summed E-state index contributed by atoms with van der Waals surface area (Å²) in [5, 5.41) is 8.95. The number of hydrogen-bond acceptors (Lipinski definition) is 3. The molecule has 1 N–H and O–H groups in total. The Labute approximate surface area is 169 Å². The molecule has 0 bridgehead atoms. The number of allylic oxidation sites excluding steroid dienone is 2. The maximum atomic E-state index is 14.3. The zero-order valence-electron chi connectivity index (χ0n) is 16.3. The van der Waals surface area contributed by atoms with Crippen molar-refractivity contribution in [3.8, 4) is 5.75 Å². The van der Waals surface area contributed by atoms with E-state index in [1.54, 1.807) is 11.8 Å². The summed E-state index contributed by atoms with van der Waals surface area (Å²) in [7, 11) is 0. The van der Waals surface area contributed by atoms with E-state index in [9.17, 15) is 8.78 Å². The highest BCUT2D eigenvalue weighted by Gasteiger charge is 2.29. The van der Waals surface area contributed by atoms with Gasteiger partial charge in [0.25, 0.3) is 0 Å². The molecule has 0 amide bonds. The molecule has 0 saturated heterocycles. The molecule has 0 aliphatic carbocycles. The van der Waals surface area contributed by atoms with Crippen LogP contribution in [0.2, 0.25) is 0 Å². The van der Waals surface area contributed by atoms with Gasteiger partial charge >= 0.3 is 0 Å². The molecule has 0 aromatic heterocycles. The fourth-order valence-electron chi connectivity index (χ4n) is 3.48. The largest absolute Gasteiger partial charge is 0.486 e. The smallest absolute Gasteiger partial charge is 0.190 e. The predicted octanol–water partition coefficient (Wildman–Crippen LogP) is 5.63. The van der Waals surface area contributed by atoms with Crippen molar-refractivity contribution < 1.29 is 18.6 Å². The average Bonchev–Trinajstić information content (AvgIpc) is 3.06.